The minimum atomic E-state index is -4.90. The fourth-order valence-electron chi connectivity index (χ4n) is 17.8. The maximum absolute atomic E-state index is 13.0. The van der Waals surface area contributed by atoms with Crippen LogP contribution in [0.5, 0.6) is 0 Å². The molecule has 2 N–H and O–H groups in total. The number of methoxy groups -OCH3 is 3. The van der Waals surface area contributed by atoms with Crippen LogP contribution in [0.25, 0.3) is 0 Å². The highest BCUT2D eigenvalue weighted by atomic mass is 19.4. The Balaban J connectivity index is 0.000000190. The normalized spacial score (nSPS) is 17.7. The van der Waals surface area contributed by atoms with Gasteiger partial charge in [-0.1, -0.05) is 261 Å². The zero-order valence-electron chi connectivity index (χ0n) is 78.4. The Kier molecular flexibility index (Phi) is 40.6. The summed E-state index contributed by atoms with van der Waals surface area (Å²) in [5.74, 6) is -0.533. The van der Waals surface area contributed by atoms with Crippen molar-refractivity contribution in [1.29, 1.82) is 0 Å². The number of aliphatic hydroxyl groups is 2. The summed E-state index contributed by atoms with van der Waals surface area (Å²) in [6.07, 6.45) is -4.99. The van der Waals surface area contributed by atoms with Gasteiger partial charge in [-0.3, -0.25) is 19.2 Å². The Morgan fingerprint density at radius 2 is 0.676 bits per heavy atom. The molecule has 0 aliphatic heterocycles. The molecule has 0 saturated heterocycles. The van der Waals surface area contributed by atoms with Crippen LogP contribution in [0.3, 0.4) is 0 Å². The highest BCUT2D eigenvalue weighted by molar-refractivity contribution is 5.85. The third-order valence-corrected chi connectivity index (χ3v) is 25.4. The zero-order chi connectivity index (χ0) is 104. The van der Waals surface area contributed by atoms with E-state index in [1.54, 1.807) is 12.2 Å². The first-order chi connectivity index (χ1) is 67.3. The molecule has 12 nitrogen and oxygen atoms in total. The number of ketones is 1. The van der Waals surface area contributed by atoms with Crippen molar-refractivity contribution in [3.63, 3.8) is 0 Å². The van der Waals surface area contributed by atoms with Crippen molar-refractivity contribution in [2.24, 2.45) is 0 Å². The van der Waals surface area contributed by atoms with E-state index in [0.29, 0.717) is 101 Å². The molecule has 0 heterocycles. The number of benzene rings is 10. The monoisotopic (exact) mass is 1990 g/mol. The number of ether oxygens (including phenoxy) is 6. The lowest BCUT2D eigenvalue weighted by molar-refractivity contribution is -0.148. The molecule has 0 spiro atoms. The van der Waals surface area contributed by atoms with Crippen molar-refractivity contribution in [2.75, 3.05) is 47.8 Å². The van der Waals surface area contributed by atoms with Crippen LogP contribution >= 0.6 is 0 Å². The molecule has 30 heteroatoms. The van der Waals surface area contributed by atoms with E-state index in [2.05, 4.69) is 42.2 Å². The first-order valence-corrected chi connectivity index (χ1v) is 45.5. The molecule has 5 aliphatic carbocycles. The van der Waals surface area contributed by atoms with Gasteiger partial charge >= 0.3 is 55.0 Å². The predicted molar refractivity (Wildman–Crippen MR) is 504 cm³/mol. The number of alkyl halides is 18. The van der Waals surface area contributed by atoms with E-state index in [-0.39, 0.29) is 109 Å². The summed E-state index contributed by atoms with van der Waals surface area (Å²) in [7, 11) is 4.25. The average molecular weight is 1990 g/mol. The molecule has 142 heavy (non-hydrogen) atoms. The van der Waals surface area contributed by atoms with Crippen molar-refractivity contribution in [3.05, 3.63) is 418 Å². The summed E-state index contributed by atoms with van der Waals surface area (Å²) < 4.78 is 265. The first-order valence-electron chi connectivity index (χ1n) is 45.5. The Hall–Kier alpha value is -12.5. The summed E-state index contributed by atoms with van der Waals surface area (Å²) in [5, 5.41) is 19.4. The summed E-state index contributed by atoms with van der Waals surface area (Å²) >= 11 is 0. The van der Waals surface area contributed by atoms with Gasteiger partial charge in [0.05, 0.1) is 124 Å². The van der Waals surface area contributed by atoms with Crippen LogP contribution in [-0.2, 0) is 143 Å². The Morgan fingerprint density at radius 3 is 0.986 bits per heavy atom. The van der Waals surface area contributed by atoms with Gasteiger partial charge in [0.1, 0.15) is 5.78 Å². The van der Waals surface area contributed by atoms with Gasteiger partial charge in [-0.15, -0.1) is 13.2 Å². The van der Waals surface area contributed by atoms with Gasteiger partial charge in [-0.25, -0.2) is 0 Å². The zero-order valence-corrected chi connectivity index (χ0v) is 78.4. The minimum Gasteiger partial charge on any atom is -0.469 e. The molecular formula is C112H112F18O12. The summed E-state index contributed by atoms with van der Waals surface area (Å²) in [5.41, 5.74) is -4.36. The Labute approximate surface area is 813 Å². The van der Waals surface area contributed by atoms with Gasteiger partial charge in [-0.05, 0) is 187 Å². The average Bonchev–Trinajstić information content (AvgIpc) is 1.64. The Bertz CT molecular complexity index is 5640. The minimum absolute atomic E-state index is 0.0265. The quantitative estimate of drug-likeness (QED) is 0.0217. The number of aliphatic hydroxyl groups excluding tert-OH is 2. The van der Waals surface area contributed by atoms with E-state index < -0.39 is 111 Å². The lowest BCUT2D eigenvalue weighted by Crippen LogP contribution is -2.36. The van der Waals surface area contributed by atoms with E-state index >= 15 is 0 Å². The molecule has 2 saturated carbocycles. The smallest absolute Gasteiger partial charge is 0.416 e. The van der Waals surface area contributed by atoms with Crippen LogP contribution in [0.1, 0.15) is 179 Å². The van der Waals surface area contributed by atoms with Crippen molar-refractivity contribution in [2.45, 2.75) is 192 Å². The molecule has 2 fully saturated rings. The molecule has 758 valence electrons. The maximum atomic E-state index is 13.0. The first kappa shape index (κ1) is 113. The van der Waals surface area contributed by atoms with Crippen LogP contribution in [0.4, 0.5) is 79.0 Å². The van der Waals surface area contributed by atoms with E-state index in [0.717, 1.165) is 59.1 Å². The number of esters is 3. The van der Waals surface area contributed by atoms with Gasteiger partial charge in [-0.2, -0.15) is 79.0 Å². The molecule has 0 amide bonds. The lowest BCUT2D eigenvalue weighted by Gasteiger charge is -2.29. The van der Waals surface area contributed by atoms with E-state index in [1.165, 1.54) is 26.9 Å². The molecule has 5 aliphatic rings. The van der Waals surface area contributed by atoms with Gasteiger partial charge in [0.15, 0.2) is 0 Å². The van der Waals surface area contributed by atoms with E-state index in [1.807, 2.05) is 224 Å². The lowest BCUT2D eigenvalue weighted by atomic mass is 9.75. The fourth-order valence-corrected chi connectivity index (χ4v) is 17.8. The van der Waals surface area contributed by atoms with Crippen LogP contribution in [0.2, 0.25) is 0 Å². The molecule has 15 rings (SSSR count). The third kappa shape index (κ3) is 31.5. The molecule has 3 atom stereocenters. The molecule has 3 unspecified atom stereocenters. The molecule has 0 aromatic heterocycles. The number of hydrogen-bond donors (Lipinski definition) is 2. The van der Waals surface area contributed by atoms with Crippen molar-refractivity contribution < 1.29 is 137 Å². The van der Waals surface area contributed by atoms with Crippen molar-refractivity contribution in [1.82, 2.24) is 0 Å². The predicted octanol–water partition coefficient (Wildman–Crippen LogP) is 27.6. The maximum Gasteiger partial charge on any atom is 0.416 e. The number of allylic oxidation sites excluding steroid dienone is 8. The summed E-state index contributed by atoms with van der Waals surface area (Å²) in [6, 6.07) is 71.6. The highest BCUT2D eigenvalue weighted by Gasteiger charge is 2.47. The molecule has 10 aromatic rings. The molecule has 0 radical (unpaired) electrons. The fraction of sp³-hybridized carbons (Fsp3) is 0.339. The number of hydrogen-bond acceptors (Lipinski definition) is 12. The van der Waals surface area contributed by atoms with Crippen LogP contribution < -0.4 is 0 Å². The SMILES string of the molecule is C=CCC(CC=C)(C(=O)OC)c1ccccc1.COC(=O)C1(c2ccccc2)CC=CC1.COC(=O)Cc1ccccc1.FC(F)(F)c1cc(COCC2(c3ccccc3)CC=CC2)cc(C(F)(F)F)c1.O=C1CCC(COCc2cc(C(F)(F)F)cc(C(F)(F)F)c2)(c2ccccc2)C1.OC1CCC(COCc2cc(C(F)(F)F)cc(C(F)(F)F)c2)(c2ccccc2)C1.OCC1(c2ccccc2)CC=CC1. The molecular weight excluding hydrogens is 1880 g/mol. The largest absolute Gasteiger partial charge is 0.469 e. The van der Waals surface area contributed by atoms with Crippen LogP contribution in [0.15, 0.2) is 329 Å². The van der Waals surface area contributed by atoms with Crippen LogP contribution in [-0.4, -0.2) is 87.8 Å². The second kappa shape index (κ2) is 51.0. The summed E-state index contributed by atoms with van der Waals surface area (Å²) in [6.45, 7) is 6.87. The second-order valence-corrected chi connectivity index (χ2v) is 35.3. The second-order valence-electron chi connectivity index (χ2n) is 35.3. The third-order valence-electron chi connectivity index (χ3n) is 25.4. The van der Waals surface area contributed by atoms with E-state index in [9.17, 15) is 108 Å². The number of carbonyl (C=O) groups is 4. The van der Waals surface area contributed by atoms with Gasteiger partial charge in [0.2, 0.25) is 0 Å². The number of halogens is 18. The van der Waals surface area contributed by atoms with Crippen molar-refractivity contribution >= 4 is 23.7 Å². The summed E-state index contributed by atoms with van der Waals surface area (Å²) in [4.78, 5) is 46.6. The topological polar surface area (TPSA) is 164 Å². The number of carbonyl (C=O) groups excluding carboxylic acids is 4. The van der Waals surface area contributed by atoms with Crippen molar-refractivity contribution in [3.8, 4) is 0 Å². The van der Waals surface area contributed by atoms with Gasteiger partial charge in [0.25, 0.3) is 0 Å². The Morgan fingerprint density at radius 1 is 0.366 bits per heavy atom. The van der Waals surface area contributed by atoms with E-state index in [4.69, 9.17) is 23.7 Å². The standard InChI is InChI=1S/C21H20F6O2.C21H18F6O2.C21H18F6O.C15H18O2.C13H14O2.C12H14O.C9H10O2/c2*22-20(23,24)16-8-14(9-17(10-16)21(25,26)27)12-29-13-19(7-6-18(28)11-19)15-4-2-1-3-5-15;22-20(23,24)17-10-15(11-18(12-17)21(25,26)27)13-28-14-19(8-4-5-9-19)16-6-2-1-3-7-16;1-4-11-15(12-5-2,14(16)17-3)13-9-7-6-8-10-13;1-15-12(14)13(9-5-6-10-13)11-7-3-2-4-8-11;13-10-12(8-4-5-9-12)11-6-2-1-3-7-11;1-11-9(10)7-8-5-3-2-4-6-8/h1-5,8-10,18,28H,6-7,11-13H2;1-5,8-10H,6-7,11-13H2;1-7,10-12H,8-9,13-14H2;4-10H,1-2,11-12H2,3H3;2-8H,9-10H2,1H3;1-7,13H,8-10H2;2-6H,7H2,1H3. The number of Topliss-reactive ketones (excluding diaryl/α,β-unsaturated/α-hetero) is 1. The molecule has 10 aromatic carbocycles. The number of rotatable bonds is 27. The molecule has 0 bridgehead atoms. The van der Waals surface area contributed by atoms with Gasteiger partial charge < -0.3 is 38.6 Å². The van der Waals surface area contributed by atoms with Crippen LogP contribution in [0, 0.1) is 0 Å². The van der Waals surface area contributed by atoms with Gasteiger partial charge in [0, 0.05) is 34.5 Å². The highest BCUT2D eigenvalue weighted by Crippen LogP contribution is 2.48.